The molecule has 0 unspecified atom stereocenters. The Balaban J connectivity index is 1.60. The Morgan fingerprint density at radius 2 is 0.270 bits per heavy atom. The van der Waals surface area contributed by atoms with Crippen molar-refractivity contribution in [2.75, 3.05) is 198 Å². The summed E-state index contributed by atoms with van der Waals surface area (Å²) in [5, 5.41) is 1.40. The van der Waals surface area contributed by atoms with Crippen molar-refractivity contribution in [3.05, 3.63) is 54.6 Å². The molecule has 0 radical (unpaired) electrons. The third kappa shape index (κ3) is 81.6. The van der Waals surface area contributed by atoms with Gasteiger partial charge in [-0.15, -0.1) is 0 Å². The molecule has 0 fully saturated rings. The molecule has 0 amide bonds. The smallest absolute Gasteiger partial charge is 0.197 e. The molecule has 0 bridgehead atoms. The van der Waals surface area contributed by atoms with Gasteiger partial charge in [0.25, 0.3) is 0 Å². The molecule has 0 saturated heterocycles. The van der Waals surface area contributed by atoms with Crippen molar-refractivity contribution in [3.63, 3.8) is 0 Å². The molecule has 0 aliphatic rings. The molecular weight excluding hydrogens is 1830 g/mol. The highest BCUT2D eigenvalue weighted by Gasteiger charge is 2.19. The molecule has 1 heterocycles. The second kappa shape index (κ2) is 103. The van der Waals surface area contributed by atoms with E-state index in [0.717, 1.165) is 92.9 Å². The fraction of sp³-hybridized carbons (Fsp3) is 0.821. The standard InChI is InChI=1S/C117H207N3O18S3/c1-7-13-19-25-31-37-43-49-55-61-73-121-79-85-127-91-97-133-109-70-67-106(103-112(109)136-100-94-130-88-82-124-76-64-58-52-46-40-34-28-22-16-10-4)139-115-118-116(140-107-68-71-110(134-98-92-128-86-80-122-74-62-56-50-44-38-32-26-20-14-8-2)113(104-107)137-101-95-131-89-83-125-77-65-59-53-47-41-35-29-23-17-11-5)120-117(119-115)141-108-69-72-111(135-99-93-129-87-81-123-75-63-57-51-45-39-33-27-21-15-9-3)114(105-108)138-102-96-132-90-84-126-78-66-60-54-48-42-36-30-24-18-12-6/h67-72,103-105H,7-66,73-102H2,1-6H3. The van der Waals surface area contributed by atoms with E-state index in [1.54, 1.807) is 0 Å². The maximum Gasteiger partial charge on any atom is 0.197 e. The summed E-state index contributed by atoms with van der Waals surface area (Å²) in [5.74, 6) is 3.44. The number of nitrogens with zero attached hydrogens (tertiary/aromatic N) is 3. The Hall–Kier alpha value is -3.96. The Kier molecular flexibility index (Phi) is 94.7. The van der Waals surface area contributed by atoms with Crippen LogP contribution in [0.25, 0.3) is 0 Å². The number of aromatic nitrogens is 3. The van der Waals surface area contributed by atoms with Gasteiger partial charge in [0.05, 0.1) is 119 Å². The largest absolute Gasteiger partial charge is 0.487 e. The highest BCUT2D eigenvalue weighted by Crippen LogP contribution is 2.41. The van der Waals surface area contributed by atoms with Crippen molar-refractivity contribution in [2.45, 2.75) is 457 Å². The van der Waals surface area contributed by atoms with Crippen LogP contribution in [0.1, 0.15) is 427 Å². The first kappa shape index (κ1) is 129. The van der Waals surface area contributed by atoms with Gasteiger partial charge in [0.2, 0.25) is 0 Å². The van der Waals surface area contributed by atoms with Gasteiger partial charge in [-0.05, 0) is 128 Å². The number of ether oxygens (including phenoxy) is 18. The predicted molar refractivity (Wildman–Crippen MR) is 585 cm³/mol. The maximum atomic E-state index is 6.58. The second-order valence-corrected chi connectivity index (χ2v) is 41.0. The lowest BCUT2D eigenvalue weighted by molar-refractivity contribution is 0.0320. The summed E-state index contributed by atoms with van der Waals surface area (Å²) in [6.45, 7) is 28.5. The Labute approximate surface area is 874 Å². The fourth-order valence-corrected chi connectivity index (χ4v) is 19.0. The summed E-state index contributed by atoms with van der Waals surface area (Å²) in [7, 11) is 0. The lowest BCUT2D eigenvalue weighted by Crippen LogP contribution is -2.13. The van der Waals surface area contributed by atoms with Gasteiger partial charge in [0.15, 0.2) is 50.0 Å². The molecule has 141 heavy (non-hydrogen) atoms. The van der Waals surface area contributed by atoms with Gasteiger partial charge < -0.3 is 85.3 Å². The molecule has 4 aromatic rings. The van der Waals surface area contributed by atoms with Crippen molar-refractivity contribution in [3.8, 4) is 34.5 Å². The van der Waals surface area contributed by atoms with Crippen molar-refractivity contribution in [1.29, 1.82) is 0 Å². The van der Waals surface area contributed by atoms with Crippen LogP contribution < -0.4 is 28.4 Å². The van der Waals surface area contributed by atoms with Gasteiger partial charge in [-0.3, -0.25) is 0 Å². The molecule has 0 atom stereocenters. The zero-order valence-corrected chi connectivity index (χ0v) is 93.2. The van der Waals surface area contributed by atoms with Crippen molar-refractivity contribution in [2.24, 2.45) is 0 Å². The Bertz CT molecular complexity index is 2940. The summed E-state index contributed by atoms with van der Waals surface area (Å²) < 4.78 is 111. The number of benzene rings is 3. The van der Waals surface area contributed by atoms with Crippen LogP contribution in [0.4, 0.5) is 0 Å². The summed E-state index contributed by atoms with van der Waals surface area (Å²) in [5.41, 5.74) is 0. The SMILES string of the molecule is CCCCCCCCCCCCOCCOCCOc1ccc(Sc2nc(Sc3ccc(OCCOCCOCCCCCCCCCCCC)c(OCCOCCOCCCCCCCCCCCC)c3)nc(Sc3ccc(OCCOCCOCCCCCCCCCCCC)c(OCCOCCOCCCCCCCCCCCC)c3)n2)cc1OCCOCCOCCCCCCCCCCCC. The fourth-order valence-electron chi connectivity index (χ4n) is 16.5. The van der Waals surface area contributed by atoms with E-state index in [0.29, 0.717) is 209 Å². The zero-order chi connectivity index (χ0) is 99.9. The molecule has 3 aromatic carbocycles. The number of hydrogen-bond acceptors (Lipinski definition) is 24. The monoisotopic (exact) mass is 2040 g/mol. The van der Waals surface area contributed by atoms with E-state index in [9.17, 15) is 0 Å². The quantitative estimate of drug-likeness (QED) is 0.0377. The molecular formula is C117H207N3O18S3. The molecule has 0 spiro atoms. The molecule has 1 aromatic heterocycles. The lowest BCUT2D eigenvalue weighted by Gasteiger charge is -2.16. The van der Waals surface area contributed by atoms with Crippen LogP contribution in [0.15, 0.2) is 84.8 Å². The van der Waals surface area contributed by atoms with Gasteiger partial charge in [-0.2, -0.15) is 15.0 Å². The summed E-state index contributed by atoms with van der Waals surface area (Å²) >= 11 is 4.22. The van der Waals surface area contributed by atoms with E-state index in [1.807, 2.05) is 54.6 Å². The minimum Gasteiger partial charge on any atom is -0.487 e. The minimum atomic E-state index is 0.294. The van der Waals surface area contributed by atoms with E-state index in [2.05, 4.69) is 41.5 Å². The average Bonchev–Trinajstić information content (AvgIpc) is 0.816. The molecule has 21 nitrogen and oxygen atoms in total. The highest BCUT2D eigenvalue weighted by molar-refractivity contribution is 8.00. The Morgan fingerprint density at radius 1 is 0.142 bits per heavy atom. The first-order chi connectivity index (χ1) is 70.0. The first-order valence-corrected chi connectivity index (χ1v) is 60.4. The van der Waals surface area contributed by atoms with E-state index in [1.165, 1.54) is 382 Å². The van der Waals surface area contributed by atoms with Crippen LogP contribution in [0.5, 0.6) is 34.5 Å². The van der Waals surface area contributed by atoms with Crippen LogP contribution in [0, 0.1) is 0 Å². The summed E-state index contributed by atoms with van der Waals surface area (Å²) in [4.78, 5) is 18.1. The predicted octanol–water partition coefficient (Wildman–Crippen LogP) is 32.3. The van der Waals surface area contributed by atoms with Crippen molar-refractivity contribution in [1.82, 2.24) is 15.0 Å². The molecule has 4 rings (SSSR count). The van der Waals surface area contributed by atoms with Crippen molar-refractivity contribution >= 4 is 35.3 Å². The van der Waals surface area contributed by atoms with Crippen LogP contribution >= 0.6 is 35.3 Å². The van der Waals surface area contributed by atoms with E-state index < -0.39 is 0 Å². The molecule has 0 N–H and O–H groups in total. The average molecular weight is 2040 g/mol. The molecule has 0 aliphatic heterocycles. The molecule has 0 aliphatic carbocycles. The summed E-state index contributed by atoms with van der Waals surface area (Å²) in [6, 6.07) is 17.8. The summed E-state index contributed by atoms with van der Waals surface area (Å²) in [6.07, 6.45) is 77.6. The zero-order valence-electron chi connectivity index (χ0n) is 90.8. The third-order valence-electron chi connectivity index (χ3n) is 24.9. The highest BCUT2D eigenvalue weighted by atomic mass is 32.2. The lowest BCUT2D eigenvalue weighted by atomic mass is 10.1. The second-order valence-electron chi connectivity index (χ2n) is 37.8. The van der Waals surface area contributed by atoms with E-state index in [-0.39, 0.29) is 0 Å². The molecule has 24 heteroatoms. The normalized spacial score (nSPS) is 11.6. The van der Waals surface area contributed by atoms with Crippen LogP contribution in [-0.4, -0.2) is 213 Å². The van der Waals surface area contributed by atoms with E-state index >= 15 is 0 Å². The molecule has 816 valence electrons. The van der Waals surface area contributed by atoms with Gasteiger partial charge in [0, 0.05) is 54.3 Å². The van der Waals surface area contributed by atoms with Crippen LogP contribution in [0.2, 0.25) is 0 Å². The minimum absolute atomic E-state index is 0.294. The molecule has 0 saturated carbocycles. The maximum absolute atomic E-state index is 6.58. The Morgan fingerprint density at radius 3 is 0.426 bits per heavy atom. The third-order valence-corrected chi connectivity index (χ3v) is 27.5. The number of rotatable bonds is 114. The van der Waals surface area contributed by atoms with Gasteiger partial charge in [-0.25, -0.2) is 0 Å². The van der Waals surface area contributed by atoms with Crippen LogP contribution in [-0.2, 0) is 56.8 Å². The topological polar surface area (TPSA) is 205 Å². The number of hydrogen-bond donors (Lipinski definition) is 0. The van der Waals surface area contributed by atoms with Crippen molar-refractivity contribution < 1.29 is 85.3 Å². The number of unbranched alkanes of at least 4 members (excludes halogenated alkanes) is 54. The van der Waals surface area contributed by atoms with Gasteiger partial charge in [0.1, 0.15) is 39.6 Å². The van der Waals surface area contributed by atoms with Gasteiger partial charge in [-0.1, -0.05) is 388 Å². The first-order valence-electron chi connectivity index (χ1n) is 57.9. The van der Waals surface area contributed by atoms with Crippen LogP contribution in [0.3, 0.4) is 0 Å². The van der Waals surface area contributed by atoms with E-state index in [4.69, 9.17) is 100 Å². The van der Waals surface area contributed by atoms with Gasteiger partial charge >= 0.3 is 0 Å².